The zero-order valence-corrected chi connectivity index (χ0v) is 11.6. The Kier molecular flexibility index (Phi) is 5.23. The minimum atomic E-state index is 1.13. The van der Waals surface area contributed by atoms with Gasteiger partial charge in [-0.3, -0.25) is 0 Å². The van der Waals surface area contributed by atoms with Crippen LogP contribution in [0.25, 0.3) is 6.08 Å². The largest absolute Gasteiger partial charge is 0.314 e. The second-order valence-electron chi connectivity index (χ2n) is 4.33. The summed E-state index contributed by atoms with van der Waals surface area (Å²) in [6, 6.07) is 8.42. The quantitative estimate of drug-likeness (QED) is 0.919. The normalized spacial score (nSPS) is 17.7. The highest BCUT2D eigenvalue weighted by atomic mass is 79.9. The van der Waals surface area contributed by atoms with E-state index in [2.05, 4.69) is 62.6 Å². The molecule has 17 heavy (non-hydrogen) atoms. The van der Waals surface area contributed by atoms with Crippen LogP contribution in [0.2, 0.25) is 0 Å². The summed E-state index contributed by atoms with van der Waals surface area (Å²) in [6.07, 6.45) is 5.61. The van der Waals surface area contributed by atoms with E-state index in [0.717, 1.165) is 24.0 Å². The predicted molar refractivity (Wildman–Crippen MR) is 77.1 cm³/mol. The third-order valence-corrected chi connectivity index (χ3v) is 3.53. The van der Waals surface area contributed by atoms with Crippen molar-refractivity contribution in [2.75, 3.05) is 32.7 Å². The minimum absolute atomic E-state index is 1.13. The van der Waals surface area contributed by atoms with Gasteiger partial charge < -0.3 is 10.2 Å². The van der Waals surface area contributed by atoms with Gasteiger partial charge in [-0.1, -0.05) is 40.2 Å². The van der Waals surface area contributed by atoms with Gasteiger partial charge in [-0.15, -0.1) is 0 Å². The van der Waals surface area contributed by atoms with E-state index in [0.29, 0.717) is 0 Å². The van der Waals surface area contributed by atoms with Crippen molar-refractivity contribution < 1.29 is 0 Å². The Bertz CT molecular complexity index is 353. The average Bonchev–Trinajstić information content (AvgIpc) is 2.38. The molecule has 1 aromatic rings. The third-order valence-electron chi connectivity index (χ3n) is 3.00. The van der Waals surface area contributed by atoms with Crippen LogP contribution in [-0.2, 0) is 0 Å². The number of nitrogens with one attached hydrogen (secondary N) is 1. The van der Waals surface area contributed by atoms with Crippen molar-refractivity contribution in [2.45, 2.75) is 6.42 Å². The monoisotopic (exact) mass is 294 g/mol. The van der Waals surface area contributed by atoms with Gasteiger partial charge in [0.15, 0.2) is 0 Å². The SMILES string of the molecule is Brc1ccc(/C=C/CCN2CCNCC2)cc1. The molecule has 1 aromatic carbocycles. The van der Waals surface area contributed by atoms with Crippen LogP contribution in [0.15, 0.2) is 34.8 Å². The molecule has 0 unspecified atom stereocenters. The lowest BCUT2D eigenvalue weighted by Crippen LogP contribution is -2.43. The number of benzene rings is 1. The Balaban J connectivity index is 1.72. The number of halogens is 1. The first kappa shape index (κ1) is 12.8. The zero-order valence-electron chi connectivity index (χ0n) is 10.0. The summed E-state index contributed by atoms with van der Waals surface area (Å²) < 4.78 is 1.13. The van der Waals surface area contributed by atoms with Crippen LogP contribution in [0, 0.1) is 0 Å². The Morgan fingerprint density at radius 2 is 1.88 bits per heavy atom. The number of nitrogens with zero attached hydrogens (tertiary/aromatic N) is 1. The van der Waals surface area contributed by atoms with Crippen LogP contribution < -0.4 is 5.32 Å². The van der Waals surface area contributed by atoms with Crippen molar-refractivity contribution in [3.05, 3.63) is 40.4 Å². The molecule has 0 aliphatic carbocycles. The average molecular weight is 295 g/mol. The summed E-state index contributed by atoms with van der Waals surface area (Å²) in [5.74, 6) is 0. The molecule has 0 saturated carbocycles. The molecule has 1 fully saturated rings. The molecule has 3 heteroatoms. The number of piperazine rings is 1. The van der Waals surface area contributed by atoms with Crippen LogP contribution in [0.4, 0.5) is 0 Å². The van der Waals surface area contributed by atoms with E-state index >= 15 is 0 Å². The van der Waals surface area contributed by atoms with Crippen molar-refractivity contribution in [1.29, 1.82) is 0 Å². The van der Waals surface area contributed by atoms with Crippen LogP contribution in [0.5, 0.6) is 0 Å². The minimum Gasteiger partial charge on any atom is -0.314 e. The topological polar surface area (TPSA) is 15.3 Å². The van der Waals surface area contributed by atoms with E-state index in [1.165, 1.54) is 25.2 Å². The Morgan fingerprint density at radius 3 is 2.59 bits per heavy atom. The van der Waals surface area contributed by atoms with Gasteiger partial charge in [-0.2, -0.15) is 0 Å². The smallest absolute Gasteiger partial charge is 0.0175 e. The molecule has 92 valence electrons. The van der Waals surface area contributed by atoms with Gasteiger partial charge in [-0.05, 0) is 24.1 Å². The molecule has 0 aromatic heterocycles. The van der Waals surface area contributed by atoms with E-state index in [9.17, 15) is 0 Å². The maximum absolute atomic E-state index is 3.44. The maximum atomic E-state index is 3.44. The fraction of sp³-hybridized carbons (Fsp3) is 0.429. The van der Waals surface area contributed by atoms with E-state index < -0.39 is 0 Å². The van der Waals surface area contributed by atoms with Gasteiger partial charge >= 0.3 is 0 Å². The molecule has 1 heterocycles. The van der Waals surface area contributed by atoms with Gasteiger partial charge in [0.25, 0.3) is 0 Å². The molecule has 2 rings (SSSR count). The van der Waals surface area contributed by atoms with E-state index in [4.69, 9.17) is 0 Å². The molecular formula is C14H19BrN2. The lowest BCUT2D eigenvalue weighted by atomic mass is 10.2. The first-order chi connectivity index (χ1) is 8.34. The van der Waals surface area contributed by atoms with Crippen LogP contribution in [0.3, 0.4) is 0 Å². The molecule has 1 N–H and O–H groups in total. The van der Waals surface area contributed by atoms with Gasteiger partial charge in [0.1, 0.15) is 0 Å². The number of rotatable bonds is 4. The van der Waals surface area contributed by atoms with E-state index in [1.54, 1.807) is 0 Å². The van der Waals surface area contributed by atoms with Gasteiger partial charge in [-0.25, -0.2) is 0 Å². The fourth-order valence-corrected chi connectivity index (χ4v) is 2.25. The zero-order chi connectivity index (χ0) is 11.9. The first-order valence-electron chi connectivity index (χ1n) is 6.20. The summed E-state index contributed by atoms with van der Waals surface area (Å²) in [7, 11) is 0. The molecule has 0 atom stereocenters. The molecule has 1 aliphatic rings. The highest BCUT2D eigenvalue weighted by Crippen LogP contribution is 2.11. The van der Waals surface area contributed by atoms with Crippen molar-refractivity contribution in [1.82, 2.24) is 10.2 Å². The van der Waals surface area contributed by atoms with Crippen LogP contribution >= 0.6 is 15.9 Å². The fourth-order valence-electron chi connectivity index (χ4n) is 1.99. The second-order valence-corrected chi connectivity index (χ2v) is 5.25. The molecule has 2 nitrogen and oxygen atoms in total. The van der Waals surface area contributed by atoms with Crippen molar-refractivity contribution in [3.63, 3.8) is 0 Å². The van der Waals surface area contributed by atoms with Crippen molar-refractivity contribution >= 4 is 22.0 Å². The molecular weight excluding hydrogens is 276 g/mol. The lowest BCUT2D eigenvalue weighted by Gasteiger charge is -2.26. The Morgan fingerprint density at radius 1 is 1.18 bits per heavy atom. The molecule has 0 radical (unpaired) electrons. The first-order valence-corrected chi connectivity index (χ1v) is 6.99. The molecule has 0 spiro atoms. The lowest BCUT2D eigenvalue weighted by molar-refractivity contribution is 0.245. The Labute approximate surface area is 112 Å². The van der Waals surface area contributed by atoms with E-state index in [-0.39, 0.29) is 0 Å². The molecule has 0 amide bonds. The van der Waals surface area contributed by atoms with Crippen molar-refractivity contribution in [3.8, 4) is 0 Å². The molecule has 0 bridgehead atoms. The highest BCUT2D eigenvalue weighted by molar-refractivity contribution is 9.10. The van der Waals surface area contributed by atoms with Crippen LogP contribution in [-0.4, -0.2) is 37.6 Å². The second kappa shape index (κ2) is 6.94. The number of hydrogen-bond acceptors (Lipinski definition) is 2. The highest BCUT2D eigenvalue weighted by Gasteiger charge is 2.06. The molecule has 1 aliphatic heterocycles. The van der Waals surface area contributed by atoms with Crippen LogP contribution in [0.1, 0.15) is 12.0 Å². The Hall–Kier alpha value is -0.640. The summed E-state index contributed by atoms with van der Waals surface area (Å²) in [5, 5.41) is 3.37. The van der Waals surface area contributed by atoms with Gasteiger partial charge in [0, 0.05) is 37.2 Å². The summed E-state index contributed by atoms with van der Waals surface area (Å²) in [5.41, 5.74) is 1.27. The predicted octanol–water partition coefficient (Wildman–Crippen LogP) is 2.76. The number of hydrogen-bond donors (Lipinski definition) is 1. The molecule has 1 saturated heterocycles. The summed E-state index contributed by atoms with van der Waals surface area (Å²) in [4.78, 5) is 2.52. The third kappa shape index (κ3) is 4.62. The van der Waals surface area contributed by atoms with Crippen molar-refractivity contribution in [2.24, 2.45) is 0 Å². The summed E-state index contributed by atoms with van der Waals surface area (Å²) in [6.45, 7) is 5.82. The summed E-state index contributed by atoms with van der Waals surface area (Å²) >= 11 is 3.44. The standard InChI is InChI=1S/C14H19BrN2/c15-14-6-4-13(5-7-14)3-1-2-10-17-11-8-16-9-12-17/h1,3-7,16H,2,8-12H2/b3-1+. The van der Waals surface area contributed by atoms with E-state index in [1.807, 2.05) is 0 Å². The van der Waals surface area contributed by atoms with Gasteiger partial charge in [0.05, 0.1) is 0 Å². The van der Waals surface area contributed by atoms with Gasteiger partial charge in [0.2, 0.25) is 0 Å². The maximum Gasteiger partial charge on any atom is 0.0175 e.